The summed E-state index contributed by atoms with van der Waals surface area (Å²) in [5.74, 6) is 0.108. The fourth-order valence-electron chi connectivity index (χ4n) is 1.49. The maximum Gasteiger partial charge on any atom is 0.369 e. The first-order valence-electron chi connectivity index (χ1n) is 5.11. The first-order chi connectivity index (χ1) is 8.09. The van der Waals surface area contributed by atoms with Gasteiger partial charge >= 0.3 is 5.69 Å². The van der Waals surface area contributed by atoms with Gasteiger partial charge < -0.3 is 0 Å². The molecule has 0 spiro atoms. The second-order valence-corrected chi connectivity index (χ2v) is 3.58. The SMILES string of the molecule is CC(=O)Nn1c(C)nn(-c2ccccc2)c1=O. The first-order valence-corrected chi connectivity index (χ1v) is 5.11. The number of para-hydroxylation sites is 1. The van der Waals surface area contributed by atoms with E-state index in [0.29, 0.717) is 11.5 Å². The van der Waals surface area contributed by atoms with E-state index in [9.17, 15) is 9.59 Å². The van der Waals surface area contributed by atoms with Crippen molar-refractivity contribution in [2.24, 2.45) is 0 Å². The zero-order chi connectivity index (χ0) is 12.4. The van der Waals surface area contributed by atoms with Gasteiger partial charge in [-0.05, 0) is 19.1 Å². The molecule has 2 rings (SSSR count). The van der Waals surface area contributed by atoms with Gasteiger partial charge in [-0.15, -0.1) is 5.10 Å². The fraction of sp³-hybridized carbons (Fsp3) is 0.182. The zero-order valence-electron chi connectivity index (χ0n) is 9.54. The zero-order valence-corrected chi connectivity index (χ0v) is 9.54. The number of aromatic nitrogens is 3. The van der Waals surface area contributed by atoms with Crippen LogP contribution in [0.5, 0.6) is 0 Å². The molecule has 1 heterocycles. The van der Waals surface area contributed by atoms with Crippen LogP contribution in [0.15, 0.2) is 35.1 Å². The average Bonchev–Trinajstić information content (AvgIpc) is 2.58. The van der Waals surface area contributed by atoms with Gasteiger partial charge in [0.05, 0.1) is 5.69 Å². The van der Waals surface area contributed by atoms with Crippen molar-refractivity contribution in [1.82, 2.24) is 14.5 Å². The Morgan fingerprint density at radius 3 is 2.53 bits per heavy atom. The summed E-state index contributed by atoms with van der Waals surface area (Å²) in [6, 6.07) is 9.02. The van der Waals surface area contributed by atoms with Crippen molar-refractivity contribution in [2.45, 2.75) is 13.8 Å². The lowest BCUT2D eigenvalue weighted by Crippen LogP contribution is -2.33. The van der Waals surface area contributed by atoms with E-state index in [-0.39, 0.29) is 5.91 Å². The number of benzene rings is 1. The van der Waals surface area contributed by atoms with Crippen LogP contribution in [0.4, 0.5) is 0 Å². The van der Waals surface area contributed by atoms with Gasteiger partial charge in [0.2, 0.25) is 5.91 Å². The Balaban J connectivity index is 2.52. The number of carbonyl (C=O) groups excluding carboxylic acids is 1. The monoisotopic (exact) mass is 232 g/mol. The lowest BCUT2D eigenvalue weighted by molar-refractivity contribution is -0.115. The third kappa shape index (κ3) is 2.10. The van der Waals surface area contributed by atoms with Crippen LogP contribution in [0.3, 0.4) is 0 Å². The average molecular weight is 232 g/mol. The Labute approximate surface area is 97.5 Å². The number of hydrogen-bond donors (Lipinski definition) is 1. The van der Waals surface area contributed by atoms with E-state index in [0.717, 1.165) is 4.68 Å². The second kappa shape index (κ2) is 4.25. The molecule has 0 saturated heterocycles. The number of rotatable bonds is 2. The Kier molecular flexibility index (Phi) is 2.78. The number of amides is 1. The highest BCUT2D eigenvalue weighted by molar-refractivity contribution is 5.80. The number of aryl methyl sites for hydroxylation is 1. The van der Waals surface area contributed by atoms with Crippen molar-refractivity contribution in [3.05, 3.63) is 46.6 Å². The maximum atomic E-state index is 12.0. The molecular formula is C11H12N4O2. The molecule has 1 aromatic heterocycles. The molecule has 1 amide bonds. The third-order valence-corrected chi connectivity index (χ3v) is 2.21. The molecule has 88 valence electrons. The van der Waals surface area contributed by atoms with Crippen molar-refractivity contribution >= 4 is 5.91 Å². The Hall–Kier alpha value is -2.37. The predicted molar refractivity (Wildman–Crippen MR) is 62.6 cm³/mol. The minimum atomic E-state index is -0.399. The molecule has 0 aliphatic carbocycles. The third-order valence-electron chi connectivity index (χ3n) is 2.21. The van der Waals surface area contributed by atoms with Crippen LogP contribution < -0.4 is 11.1 Å². The van der Waals surface area contributed by atoms with E-state index in [1.165, 1.54) is 11.6 Å². The molecule has 2 aromatic rings. The molecule has 0 saturated carbocycles. The molecule has 0 radical (unpaired) electrons. The molecule has 1 N–H and O–H groups in total. The van der Waals surface area contributed by atoms with Gasteiger partial charge in [0.15, 0.2) is 5.82 Å². The summed E-state index contributed by atoms with van der Waals surface area (Å²) in [6.45, 7) is 2.99. The molecule has 0 unspecified atom stereocenters. The van der Waals surface area contributed by atoms with Gasteiger partial charge in [-0.1, -0.05) is 18.2 Å². The smallest absolute Gasteiger partial charge is 0.274 e. The minimum absolute atomic E-state index is 0.317. The number of hydrogen-bond acceptors (Lipinski definition) is 3. The van der Waals surface area contributed by atoms with Crippen molar-refractivity contribution in [2.75, 3.05) is 5.43 Å². The Morgan fingerprint density at radius 2 is 1.94 bits per heavy atom. The van der Waals surface area contributed by atoms with E-state index in [4.69, 9.17) is 0 Å². The lowest BCUT2D eigenvalue weighted by Gasteiger charge is -2.00. The summed E-state index contributed by atoms with van der Waals surface area (Å²) < 4.78 is 2.36. The highest BCUT2D eigenvalue weighted by Crippen LogP contribution is 2.02. The fourth-order valence-corrected chi connectivity index (χ4v) is 1.49. The maximum absolute atomic E-state index is 12.0. The predicted octanol–water partition coefficient (Wildman–Crippen LogP) is 0.432. The molecule has 0 fully saturated rings. The van der Waals surface area contributed by atoms with Crippen LogP contribution in [-0.2, 0) is 4.79 Å². The highest BCUT2D eigenvalue weighted by Gasteiger charge is 2.11. The van der Waals surface area contributed by atoms with Crippen LogP contribution >= 0.6 is 0 Å². The van der Waals surface area contributed by atoms with Gasteiger partial charge in [-0.3, -0.25) is 10.2 Å². The normalized spacial score (nSPS) is 10.2. The van der Waals surface area contributed by atoms with Crippen molar-refractivity contribution < 1.29 is 4.79 Å². The standard InChI is InChI=1S/C11H12N4O2/c1-8-12-15(10-6-4-3-5-7-10)11(17)14(8)13-9(2)16/h3-7H,1-2H3,(H,13,16). The van der Waals surface area contributed by atoms with E-state index in [2.05, 4.69) is 10.5 Å². The Bertz CT molecular complexity index is 598. The van der Waals surface area contributed by atoms with E-state index in [1.54, 1.807) is 19.1 Å². The van der Waals surface area contributed by atoms with Gasteiger partial charge in [-0.25, -0.2) is 4.79 Å². The molecule has 17 heavy (non-hydrogen) atoms. The van der Waals surface area contributed by atoms with Crippen LogP contribution in [0.1, 0.15) is 12.7 Å². The van der Waals surface area contributed by atoms with Crippen LogP contribution in [0.25, 0.3) is 5.69 Å². The summed E-state index contributed by atoms with van der Waals surface area (Å²) in [7, 11) is 0. The molecule has 6 heteroatoms. The molecule has 0 aliphatic heterocycles. The molecular weight excluding hydrogens is 220 g/mol. The van der Waals surface area contributed by atoms with E-state index < -0.39 is 5.69 Å². The second-order valence-electron chi connectivity index (χ2n) is 3.58. The lowest BCUT2D eigenvalue weighted by atomic mass is 10.3. The molecule has 0 aliphatic rings. The van der Waals surface area contributed by atoms with Gasteiger partial charge in [-0.2, -0.15) is 9.36 Å². The number of nitrogens with one attached hydrogen (secondary N) is 1. The number of carbonyl (C=O) groups is 1. The molecule has 6 nitrogen and oxygen atoms in total. The van der Waals surface area contributed by atoms with Gasteiger partial charge in [0.25, 0.3) is 0 Å². The molecule has 0 bridgehead atoms. The van der Waals surface area contributed by atoms with Gasteiger partial charge in [0, 0.05) is 6.92 Å². The van der Waals surface area contributed by atoms with Gasteiger partial charge in [0.1, 0.15) is 0 Å². The summed E-state index contributed by atoms with van der Waals surface area (Å²) in [5, 5.41) is 4.09. The number of nitrogens with zero attached hydrogens (tertiary/aromatic N) is 3. The van der Waals surface area contributed by atoms with Crippen molar-refractivity contribution in [3.63, 3.8) is 0 Å². The van der Waals surface area contributed by atoms with Crippen molar-refractivity contribution in [3.8, 4) is 5.69 Å². The van der Waals surface area contributed by atoms with Crippen LogP contribution in [-0.4, -0.2) is 20.4 Å². The minimum Gasteiger partial charge on any atom is -0.274 e. The topological polar surface area (TPSA) is 68.9 Å². The summed E-state index contributed by atoms with van der Waals surface area (Å²) in [5.41, 5.74) is 2.67. The van der Waals surface area contributed by atoms with E-state index in [1.807, 2.05) is 18.2 Å². The largest absolute Gasteiger partial charge is 0.369 e. The first kappa shape index (κ1) is 11.1. The Morgan fingerprint density at radius 1 is 1.29 bits per heavy atom. The quantitative estimate of drug-likeness (QED) is 0.816. The molecule has 1 aromatic carbocycles. The highest BCUT2D eigenvalue weighted by atomic mass is 16.2. The molecule has 0 atom stereocenters. The van der Waals surface area contributed by atoms with Crippen molar-refractivity contribution in [1.29, 1.82) is 0 Å². The summed E-state index contributed by atoms with van der Waals surface area (Å²) in [4.78, 5) is 22.9. The van der Waals surface area contributed by atoms with Crippen LogP contribution in [0, 0.1) is 6.92 Å². The van der Waals surface area contributed by atoms with E-state index >= 15 is 0 Å². The summed E-state index contributed by atoms with van der Waals surface area (Å²) >= 11 is 0. The van der Waals surface area contributed by atoms with Crippen LogP contribution in [0.2, 0.25) is 0 Å². The summed E-state index contributed by atoms with van der Waals surface area (Å²) in [6.07, 6.45) is 0.